The summed E-state index contributed by atoms with van der Waals surface area (Å²) in [6.45, 7) is 3.82. The Hall–Kier alpha value is -2.13. The lowest BCUT2D eigenvalue weighted by Gasteiger charge is -2.08. The number of hydrogen-bond acceptors (Lipinski definition) is 3. The van der Waals surface area contributed by atoms with E-state index in [0.29, 0.717) is 0 Å². The van der Waals surface area contributed by atoms with Gasteiger partial charge in [-0.05, 0) is 18.2 Å². The number of fused-ring (bicyclic) bond motifs is 1. The van der Waals surface area contributed by atoms with Crippen molar-refractivity contribution in [3.8, 4) is 16.3 Å². The highest BCUT2D eigenvalue weighted by Gasteiger charge is 2.12. The van der Waals surface area contributed by atoms with Gasteiger partial charge in [-0.3, -0.25) is 0 Å². The zero-order valence-electron chi connectivity index (χ0n) is 10.6. The van der Waals surface area contributed by atoms with Crippen LogP contribution >= 0.6 is 11.3 Å². The predicted molar refractivity (Wildman–Crippen MR) is 81.7 cm³/mol. The first-order valence-electron chi connectivity index (χ1n) is 5.99. The van der Waals surface area contributed by atoms with Crippen LogP contribution in [0.15, 0.2) is 49.0 Å². The van der Waals surface area contributed by atoms with Crippen molar-refractivity contribution in [2.75, 3.05) is 7.11 Å². The highest BCUT2D eigenvalue weighted by atomic mass is 32.1. The zero-order valence-corrected chi connectivity index (χ0v) is 11.4. The first-order chi connectivity index (χ1) is 9.33. The van der Waals surface area contributed by atoms with Crippen molar-refractivity contribution in [3.05, 3.63) is 54.6 Å². The first-order valence-corrected chi connectivity index (χ1v) is 6.80. The third kappa shape index (κ3) is 2.02. The Balaban J connectivity index is 2.23. The van der Waals surface area contributed by atoms with Gasteiger partial charge >= 0.3 is 0 Å². The number of methoxy groups -OCH3 is 1. The van der Waals surface area contributed by atoms with Crippen LogP contribution in [0.3, 0.4) is 0 Å². The summed E-state index contributed by atoms with van der Waals surface area (Å²) in [5.41, 5.74) is 3.02. The molecule has 0 aliphatic heterocycles. The molecule has 0 saturated carbocycles. The van der Waals surface area contributed by atoms with E-state index in [4.69, 9.17) is 4.74 Å². The molecule has 3 heteroatoms. The molecule has 19 heavy (non-hydrogen) atoms. The van der Waals surface area contributed by atoms with Crippen LogP contribution in [0.5, 0.6) is 5.75 Å². The molecule has 0 unspecified atom stereocenters. The highest BCUT2D eigenvalue weighted by Crippen LogP contribution is 2.37. The molecule has 0 bridgehead atoms. The predicted octanol–water partition coefficient (Wildman–Crippen LogP) is 4.61. The van der Waals surface area contributed by atoms with Crippen LogP contribution < -0.4 is 4.74 Å². The Kier molecular flexibility index (Phi) is 3.05. The molecule has 2 aromatic carbocycles. The second-order valence-corrected chi connectivity index (χ2v) is 5.15. The summed E-state index contributed by atoms with van der Waals surface area (Å²) in [6, 6.07) is 14.2. The monoisotopic (exact) mass is 267 g/mol. The minimum absolute atomic E-state index is 0.830. The van der Waals surface area contributed by atoms with Crippen molar-refractivity contribution in [1.29, 1.82) is 0 Å². The van der Waals surface area contributed by atoms with Crippen LogP contribution in [0, 0.1) is 0 Å². The molecule has 3 rings (SSSR count). The molecule has 94 valence electrons. The number of para-hydroxylation sites is 2. The average Bonchev–Trinajstić information content (AvgIpc) is 2.89. The van der Waals surface area contributed by atoms with Gasteiger partial charge in [-0.2, -0.15) is 0 Å². The summed E-state index contributed by atoms with van der Waals surface area (Å²) in [7, 11) is 1.68. The van der Waals surface area contributed by atoms with E-state index in [1.165, 1.54) is 4.70 Å². The number of aromatic nitrogens is 1. The van der Waals surface area contributed by atoms with Gasteiger partial charge in [0.1, 0.15) is 10.8 Å². The molecular formula is C16H13NOS. The van der Waals surface area contributed by atoms with Gasteiger partial charge in [0.05, 0.1) is 22.9 Å². The minimum atomic E-state index is 0.830. The maximum Gasteiger partial charge on any atom is 0.136 e. The summed E-state index contributed by atoms with van der Waals surface area (Å²) in [5.74, 6) is 0.830. The first kappa shape index (κ1) is 11.9. The average molecular weight is 267 g/mol. The van der Waals surface area contributed by atoms with Crippen LogP contribution in [0.4, 0.5) is 0 Å². The van der Waals surface area contributed by atoms with Crippen LogP contribution in [-0.4, -0.2) is 12.1 Å². The molecule has 2 nitrogen and oxygen atoms in total. The van der Waals surface area contributed by atoms with Crippen molar-refractivity contribution in [2.45, 2.75) is 0 Å². The van der Waals surface area contributed by atoms with Crippen molar-refractivity contribution in [3.63, 3.8) is 0 Å². The lowest BCUT2D eigenvalue weighted by molar-refractivity contribution is 0.415. The summed E-state index contributed by atoms with van der Waals surface area (Å²) < 4.78 is 6.70. The Morgan fingerprint density at radius 1 is 1.16 bits per heavy atom. The van der Waals surface area contributed by atoms with Crippen LogP contribution in [0.25, 0.3) is 26.9 Å². The summed E-state index contributed by atoms with van der Waals surface area (Å²) >= 11 is 1.67. The molecular weight excluding hydrogens is 254 g/mol. The number of ether oxygens (including phenoxy) is 1. The lowest BCUT2D eigenvalue weighted by Crippen LogP contribution is -1.90. The van der Waals surface area contributed by atoms with Crippen LogP contribution in [0.1, 0.15) is 5.56 Å². The SMILES string of the molecule is C=Cc1cccc(-c2nc3ccccc3s2)c1OC. The van der Waals surface area contributed by atoms with Gasteiger partial charge in [-0.25, -0.2) is 4.98 Å². The van der Waals surface area contributed by atoms with E-state index in [-0.39, 0.29) is 0 Å². The Labute approximate surface area is 116 Å². The Bertz CT molecular complexity index is 712. The molecule has 0 atom stereocenters. The van der Waals surface area contributed by atoms with Gasteiger partial charge in [-0.1, -0.05) is 36.9 Å². The smallest absolute Gasteiger partial charge is 0.136 e. The third-order valence-corrected chi connectivity index (χ3v) is 4.06. The van der Waals surface area contributed by atoms with E-state index in [2.05, 4.69) is 17.6 Å². The van der Waals surface area contributed by atoms with Gasteiger partial charge in [0, 0.05) is 5.56 Å². The topological polar surface area (TPSA) is 22.1 Å². The van der Waals surface area contributed by atoms with Crippen molar-refractivity contribution < 1.29 is 4.74 Å². The van der Waals surface area contributed by atoms with E-state index in [1.807, 2.05) is 36.4 Å². The van der Waals surface area contributed by atoms with E-state index in [0.717, 1.165) is 27.4 Å². The van der Waals surface area contributed by atoms with Gasteiger partial charge < -0.3 is 4.74 Å². The fraction of sp³-hybridized carbons (Fsp3) is 0.0625. The third-order valence-electron chi connectivity index (χ3n) is 2.99. The van der Waals surface area contributed by atoms with E-state index in [9.17, 15) is 0 Å². The fourth-order valence-corrected chi connectivity index (χ4v) is 3.09. The Morgan fingerprint density at radius 3 is 2.74 bits per heavy atom. The number of rotatable bonds is 3. The summed E-state index contributed by atoms with van der Waals surface area (Å²) in [5, 5.41) is 0.974. The van der Waals surface area contributed by atoms with Crippen molar-refractivity contribution >= 4 is 27.6 Å². The van der Waals surface area contributed by atoms with E-state index in [1.54, 1.807) is 24.5 Å². The molecule has 0 radical (unpaired) electrons. The number of benzene rings is 2. The molecule has 1 aromatic heterocycles. The summed E-state index contributed by atoms with van der Waals surface area (Å²) in [4.78, 5) is 4.67. The summed E-state index contributed by atoms with van der Waals surface area (Å²) in [6.07, 6.45) is 1.80. The van der Waals surface area contributed by atoms with Crippen molar-refractivity contribution in [2.24, 2.45) is 0 Å². The maximum absolute atomic E-state index is 5.51. The van der Waals surface area contributed by atoms with Crippen LogP contribution in [-0.2, 0) is 0 Å². The van der Waals surface area contributed by atoms with Crippen molar-refractivity contribution in [1.82, 2.24) is 4.98 Å². The normalized spacial score (nSPS) is 10.6. The second-order valence-electron chi connectivity index (χ2n) is 4.12. The van der Waals surface area contributed by atoms with E-state index < -0.39 is 0 Å². The fourth-order valence-electron chi connectivity index (χ4n) is 2.10. The quantitative estimate of drug-likeness (QED) is 0.691. The molecule has 0 aliphatic carbocycles. The molecule has 1 heterocycles. The van der Waals surface area contributed by atoms with Gasteiger partial charge in [0.2, 0.25) is 0 Å². The molecule has 0 amide bonds. The number of hydrogen-bond donors (Lipinski definition) is 0. The van der Waals surface area contributed by atoms with E-state index >= 15 is 0 Å². The van der Waals surface area contributed by atoms with Gasteiger partial charge in [0.15, 0.2) is 0 Å². The number of nitrogens with zero attached hydrogens (tertiary/aromatic N) is 1. The number of thiazole rings is 1. The molecule has 0 saturated heterocycles. The maximum atomic E-state index is 5.51. The molecule has 0 spiro atoms. The molecule has 3 aromatic rings. The molecule has 0 N–H and O–H groups in total. The largest absolute Gasteiger partial charge is 0.495 e. The zero-order chi connectivity index (χ0) is 13.2. The Morgan fingerprint density at radius 2 is 2.00 bits per heavy atom. The standard InChI is InChI=1S/C16H13NOS/c1-3-11-7-6-8-12(15(11)18-2)16-17-13-9-4-5-10-14(13)19-16/h3-10H,1H2,2H3. The van der Waals surface area contributed by atoms with Crippen LogP contribution in [0.2, 0.25) is 0 Å². The highest BCUT2D eigenvalue weighted by molar-refractivity contribution is 7.21. The van der Waals surface area contributed by atoms with Gasteiger partial charge in [0.25, 0.3) is 0 Å². The minimum Gasteiger partial charge on any atom is -0.495 e. The van der Waals surface area contributed by atoms with Gasteiger partial charge in [-0.15, -0.1) is 11.3 Å². The lowest BCUT2D eigenvalue weighted by atomic mass is 10.1. The molecule has 0 aliphatic rings. The second kappa shape index (κ2) is 4.86. The molecule has 0 fully saturated rings.